The monoisotopic (exact) mass is 299 g/mol. The number of carbonyl (C=O) groups excluding carboxylic acids is 1. The summed E-state index contributed by atoms with van der Waals surface area (Å²) in [4.78, 5) is 15.4. The number of nitrogens with one attached hydrogen (secondary N) is 1. The van der Waals surface area contributed by atoms with Gasteiger partial charge in [-0.05, 0) is 24.3 Å². The highest BCUT2D eigenvalue weighted by Gasteiger charge is 2.15. The number of nitrogens with two attached hydrogens (primary N) is 1. The zero-order chi connectivity index (χ0) is 14.0. The average molecular weight is 300 g/mol. The molecular weight excluding hydrogens is 292 g/mol. The van der Waals surface area contributed by atoms with E-state index in [2.05, 4.69) is 10.3 Å². The molecule has 7 heteroatoms. The van der Waals surface area contributed by atoms with Gasteiger partial charge in [-0.25, -0.2) is 9.37 Å². The molecule has 1 aromatic heterocycles. The van der Waals surface area contributed by atoms with Crippen molar-refractivity contribution in [2.24, 2.45) is 0 Å². The fourth-order valence-corrected chi connectivity index (χ4v) is 1.71. The quantitative estimate of drug-likeness (QED) is 0.893. The number of pyridine rings is 1. The Morgan fingerprint density at radius 3 is 2.68 bits per heavy atom. The molecule has 0 atom stereocenters. The second-order valence-corrected chi connectivity index (χ2v) is 4.46. The summed E-state index contributed by atoms with van der Waals surface area (Å²) >= 11 is 11.6. The first kappa shape index (κ1) is 13.6. The van der Waals surface area contributed by atoms with E-state index in [1.165, 1.54) is 24.4 Å². The van der Waals surface area contributed by atoms with Crippen LogP contribution in [0.3, 0.4) is 0 Å². The van der Waals surface area contributed by atoms with E-state index in [1.807, 2.05) is 0 Å². The van der Waals surface area contributed by atoms with Crippen LogP contribution < -0.4 is 11.1 Å². The summed E-state index contributed by atoms with van der Waals surface area (Å²) < 4.78 is 13.6. The molecule has 0 spiro atoms. The molecular formula is C12H8Cl2FN3O. The van der Waals surface area contributed by atoms with Gasteiger partial charge in [-0.2, -0.15) is 0 Å². The van der Waals surface area contributed by atoms with Crippen LogP contribution in [0.15, 0.2) is 30.5 Å². The summed E-state index contributed by atoms with van der Waals surface area (Å²) in [5.41, 5.74) is 5.49. The molecule has 0 fully saturated rings. The lowest BCUT2D eigenvalue weighted by Crippen LogP contribution is -2.15. The van der Waals surface area contributed by atoms with Gasteiger partial charge in [0.15, 0.2) is 11.6 Å². The minimum atomic E-state index is -0.861. The number of anilines is 2. The molecule has 4 nitrogen and oxygen atoms in total. The van der Waals surface area contributed by atoms with Gasteiger partial charge in [-0.1, -0.05) is 23.2 Å². The Labute approximate surface area is 118 Å². The normalized spacial score (nSPS) is 10.3. The summed E-state index contributed by atoms with van der Waals surface area (Å²) in [5, 5.41) is 3.14. The third-order valence-electron chi connectivity index (χ3n) is 2.34. The molecule has 0 aliphatic rings. The van der Waals surface area contributed by atoms with E-state index in [9.17, 15) is 9.18 Å². The Morgan fingerprint density at radius 1 is 1.26 bits per heavy atom. The Balaban J connectivity index is 2.26. The van der Waals surface area contributed by atoms with Crippen LogP contribution in [0.1, 0.15) is 10.4 Å². The molecule has 3 N–H and O–H groups in total. The lowest BCUT2D eigenvalue weighted by molar-refractivity contribution is 0.102. The zero-order valence-corrected chi connectivity index (χ0v) is 11.0. The molecule has 1 amide bonds. The van der Waals surface area contributed by atoms with E-state index < -0.39 is 11.7 Å². The van der Waals surface area contributed by atoms with Crippen molar-refractivity contribution in [1.29, 1.82) is 0 Å². The summed E-state index contributed by atoms with van der Waals surface area (Å²) in [6, 6.07) is 5.77. The van der Waals surface area contributed by atoms with E-state index in [4.69, 9.17) is 28.9 Å². The smallest absolute Gasteiger partial charge is 0.258 e. The SMILES string of the molecule is Nc1nccc(C(=O)Nc2ccc(Cl)c(Cl)c2)c1F. The Hall–Kier alpha value is -1.85. The number of halogens is 3. The van der Waals surface area contributed by atoms with Crippen LogP contribution in [0.25, 0.3) is 0 Å². The second kappa shape index (κ2) is 5.42. The minimum absolute atomic E-state index is 0.196. The number of aromatic nitrogens is 1. The lowest BCUT2D eigenvalue weighted by Gasteiger charge is -2.07. The van der Waals surface area contributed by atoms with Gasteiger partial charge in [0, 0.05) is 11.9 Å². The van der Waals surface area contributed by atoms with Gasteiger partial charge in [0.05, 0.1) is 15.6 Å². The summed E-state index contributed by atoms with van der Waals surface area (Å²) in [6.07, 6.45) is 1.25. The van der Waals surface area contributed by atoms with Crippen molar-refractivity contribution in [3.8, 4) is 0 Å². The molecule has 98 valence electrons. The third kappa shape index (κ3) is 2.94. The maximum absolute atomic E-state index is 13.6. The minimum Gasteiger partial charge on any atom is -0.381 e. The molecule has 0 radical (unpaired) electrons. The topological polar surface area (TPSA) is 68.0 Å². The van der Waals surface area contributed by atoms with E-state index in [1.54, 1.807) is 6.07 Å². The highest BCUT2D eigenvalue weighted by molar-refractivity contribution is 6.42. The lowest BCUT2D eigenvalue weighted by atomic mass is 10.2. The number of hydrogen-bond acceptors (Lipinski definition) is 3. The van der Waals surface area contributed by atoms with Crippen LogP contribution in [-0.4, -0.2) is 10.9 Å². The van der Waals surface area contributed by atoms with E-state index in [0.29, 0.717) is 10.7 Å². The maximum atomic E-state index is 13.6. The molecule has 0 saturated carbocycles. The van der Waals surface area contributed by atoms with E-state index >= 15 is 0 Å². The number of carbonyl (C=O) groups is 1. The molecule has 0 unspecified atom stereocenters. The van der Waals surface area contributed by atoms with Crippen molar-refractivity contribution in [1.82, 2.24) is 4.98 Å². The van der Waals surface area contributed by atoms with Crippen LogP contribution >= 0.6 is 23.2 Å². The Morgan fingerprint density at radius 2 is 2.00 bits per heavy atom. The average Bonchev–Trinajstić information content (AvgIpc) is 2.37. The van der Waals surface area contributed by atoms with Crippen LogP contribution in [0.4, 0.5) is 15.9 Å². The maximum Gasteiger partial charge on any atom is 0.258 e. The molecule has 0 aliphatic heterocycles. The van der Waals surface area contributed by atoms with Crippen molar-refractivity contribution in [2.75, 3.05) is 11.1 Å². The molecule has 2 aromatic rings. The first-order valence-corrected chi connectivity index (χ1v) is 5.91. The molecule has 1 heterocycles. The first-order valence-electron chi connectivity index (χ1n) is 5.15. The van der Waals surface area contributed by atoms with Gasteiger partial charge in [0.25, 0.3) is 5.91 Å². The summed E-state index contributed by atoms with van der Waals surface area (Å²) in [7, 11) is 0. The van der Waals surface area contributed by atoms with Gasteiger partial charge in [0.1, 0.15) is 0 Å². The summed E-state index contributed by atoms with van der Waals surface area (Å²) in [6.45, 7) is 0. The Bertz CT molecular complexity index is 649. The van der Waals surface area contributed by atoms with Crippen LogP contribution in [0, 0.1) is 5.82 Å². The second-order valence-electron chi connectivity index (χ2n) is 3.64. The molecule has 1 aromatic carbocycles. The fourth-order valence-electron chi connectivity index (χ4n) is 1.41. The van der Waals surface area contributed by atoms with E-state index in [-0.39, 0.29) is 16.4 Å². The van der Waals surface area contributed by atoms with Crippen LogP contribution in [0.2, 0.25) is 10.0 Å². The van der Waals surface area contributed by atoms with Crippen molar-refractivity contribution in [3.05, 3.63) is 51.9 Å². The van der Waals surface area contributed by atoms with Crippen LogP contribution in [-0.2, 0) is 0 Å². The molecule has 0 aliphatic carbocycles. The number of nitrogens with zero attached hydrogens (tertiary/aromatic N) is 1. The highest BCUT2D eigenvalue weighted by Crippen LogP contribution is 2.25. The molecule has 0 bridgehead atoms. The van der Waals surface area contributed by atoms with Crippen molar-refractivity contribution < 1.29 is 9.18 Å². The van der Waals surface area contributed by atoms with Crippen molar-refractivity contribution in [2.45, 2.75) is 0 Å². The van der Waals surface area contributed by atoms with Gasteiger partial charge in [-0.15, -0.1) is 0 Å². The molecule has 2 rings (SSSR count). The highest BCUT2D eigenvalue weighted by atomic mass is 35.5. The predicted octanol–water partition coefficient (Wildman–Crippen LogP) is 3.36. The van der Waals surface area contributed by atoms with Gasteiger partial charge in [-0.3, -0.25) is 4.79 Å². The van der Waals surface area contributed by atoms with Crippen LogP contribution in [0.5, 0.6) is 0 Å². The standard InChI is InChI=1S/C12H8Cl2FN3O/c13-8-2-1-6(5-9(8)14)18-12(19)7-3-4-17-11(16)10(7)15/h1-5H,(H2,16,17)(H,18,19). The summed E-state index contributed by atoms with van der Waals surface area (Å²) in [5.74, 6) is -1.84. The van der Waals surface area contributed by atoms with Gasteiger partial charge in [0.2, 0.25) is 0 Å². The number of amides is 1. The zero-order valence-electron chi connectivity index (χ0n) is 9.45. The molecule has 0 saturated heterocycles. The number of rotatable bonds is 2. The third-order valence-corrected chi connectivity index (χ3v) is 3.08. The predicted molar refractivity (Wildman–Crippen MR) is 73.0 cm³/mol. The number of nitrogen functional groups attached to an aromatic ring is 1. The first-order chi connectivity index (χ1) is 8.99. The van der Waals surface area contributed by atoms with Gasteiger partial charge < -0.3 is 11.1 Å². The fraction of sp³-hybridized carbons (Fsp3) is 0. The van der Waals surface area contributed by atoms with E-state index in [0.717, 1.165) is 0 Å². The number of benzene rings is 1. The van der Waals surface area contributed by atoms with Crippen molar-refractivity contribution >= 4 is 40.6 Å². The van der Waals surface area contributed by atoms with Crippen molar-refractivity contribution in [3.63, 3.8) is 0 Å². The largest absolute Gasteiger partial charge is 0.381 e. The van der Waals surface area contributed by atoms with Gasteiger partial charge >= 0.3 is 0 Å². The Kier molecular flexibility index (Phi) is 3.87. The molecule has 19 heavy (non-hydrogen) atoms. The number of hydrogen-bond donors (Lipinski definition) is 2.